The summed E-state index contributed by atoms with van der Waals surface area (Å²) in [5.74, 6) is -0.484. The fraction of sp³-hybridized carbons (Fsp3) is 0.545. The minimum absolute atomic E-state index is 0. The van der Waals surface area contributed by atoms with Gasteiger partial charge in [0.25, 0.3) is 5.91 Å². The van der Waals surface area contributed by atoms with Gasteiger partial charge in [-0.05, 0) is 12.8 Å². The Morgan fingerprint density at radius 2 is 1.85 bits per heavy atom. The van der Waals surface area contributed by atoms with Crippen LogP contribution in [0.4, 0.5) is 11.6 Å². The van der Waals surface area contributed by atoms with Crippen molar-refractivity contribution < 1.29 is 4.79 Å². The van der Waals surface area contributed by atoms with Gasteiger partial charge in [0, 0.05) is 12.1 Å². The highest BCUT2D eigenvalue weighted by atomic mass is 35.5. The second-order valence-electron chi connectivity index (χ2n) is 4.89. The molecule has 0 bridgehead atoms. The highest BCUT2D eigenvalue weighted by Crippen LogP contribution is 2.26. The molecular weight excluding hydrogens is 303 g/mol. The van der Waals surface area contributed by atoms with Crippen molar-refractivity contribution in [2.45, 2.75) is 31.2 Å². The molecule has 20 heavy (non-hydrogen) atoms. The summed E-state index contributed by atoms with van der Waals surface area (Å²) in [6.07, 6.45) is 3.97. The zero-order valence-electron chi connectivity index (χ0n) is 10.9. The van der Waals surface area contributed by atoms with E-state index in [0.29, 0.717) is 6.54 Å². The van der Waals surface area contributed by atoms with E-state index in [-0.39, 0.29) is 40.4 Å². The van der Waals surface area contributed by atoms with Crippen molar-refractivity contribution in [1.29, 1.82) is 0 Å². The molecule has 1 aliphatic rings. The minimum atomic E-state index is -0.441. The third-order valence-electron chi connectivity index (χ3n) is 3.32. The van der Waals surface area contributed by atoms with Crippen LogP contribution in [0.2, 0.25) is 5.15 Å². The molecule has 1 saturated carbocycles. The van der Waals surface area contributed by atoms with Crippen molar-refractivity contribution in [2.24, 2.45) is 5.73 Å². The maximum absolute atomic E-state index is 12.0. The van der Waals surface area contributed by atoms with Crippen molar-refractivity contribution in [3.63, 3.8) is 0 Å². The number of nitrogen functional groups attached to an aromatic ring is 2. The standard InChI is InChI=1S/C11H17ClN6O.ClH/c12-7-9(14)18-8(13)6(17-7)10(19)16-5-11(15)3-1-2-4-11;/h1-5,15H2,(H,16,19)(H4,13,14,18);1H. The van der Waals surface area contributed by atoms with Crippen LogP contribution in [0.5, 0.6) is 0 Å². The fourth-order valence-corrected chi connectivity index (χ4v) is 2.33. The quantitative estimate of drug-likeness (QED) is 0.648. The van der Waals surface area contributed by atoms with Crippen LogP contribution in [-0.4, -0.2) is 28.0 Å². The first-order chi connectivity index (χ1) is 8.91. The predicted molar refractivity (Wildman–Crippen MR) is 80.8 cm³/mol. The fourth-order valence-electron chi connectivity index (χ4n) is 2.20. The Balaban J connectivity index is 0.00000200. The Kier molecular flexibility index (Phi) is 5.38. The molecule has 0 aliphatic heterocycles. The number of nitrogens with two attached hydrogens (primary N) is 3. The van der Waals surface area contributed by atoms with Gasteiger partial charge in [0.05, 0.1) is 0 Å². The molecule has 1 fully saturated rings. The van der Waals surface area contributed by atoms with Crippen molar-refractivity contribution in [1.82, 2.24) is 15.3 Å². The number of nitrogens with zero attached hydrogens (tertiary/aromatic N) is 2. The van der Waals surface area contributed by atoms with Gasteiger partial charge in [0.1, 0.15) is 0 Å². The Morgan fingerprint density at radius 3 is 2.45 bits per heavy atom. The lowest BCUT2D eigenvalue weighted by molar-refractivity contribution is 0.0939. The molecule has 0 saturated heterocycles. The van der Waals surface area contributed by atoms with Crippen LogP contribution >= 0.6 is 24.0 Å². The Bertz CT molecular complexity index is 504. The molecule has 7 nitrogen and oxygen atoms in total. The number of hydrogen-bond donors (Lipinski definition) is 4. The van der Waals surface area contributed by atoms with E-state index < -0.39 is 5.91 Å². The number of rotatable bonds is 3. The molecule has 0 unspecified atom stereocenters. The van der Waals surface area contributed by atoms with Crippen LogP contribution in [0, 0.1) is 0 Å². The molecule has 0 spiro atoms. The lowest BCUT2D eigenvalue weighted by atomic mass is 9.99. The maximum atomic E-state index is 12.0. The monoisotopic (exact) mass is 320 g/mol. The number of halogens is 2. The van der Waals surface area contributed by atoms with Crippen LogP contribution < -0.4 is 22.5 Å². The zero-order valence-corrected chi connectivity index (χ0v) is 12.4. The first kappa shape index (κ1) is 16.7. The second-order valence-corrected chi connectivity index (χ2v) is 5.24. The van der Waals surface area contributed by atoms with Crippen molar-refractivity contribution >= 4 is 41.6 Å². The molecule has 0 aromatic carbocycles. The summed E-state index contributed by atoms with van der Waals surface area (Å²) in [5, 5.41) is 2.68. The summed E-state index contributed by atoms with van der Waals surface area (Å²) in [6, 6.07) is 0. The van der Waals surface area contributed by atoms with Gasteiger partial charge in [-0.3, -0.25) is 4.79 Å². The molecule has 1 aromatic rings. The van der Waals surface area contributed by atoms with Gasteiger partial charge < -0.3 is 22.5 Å². The topological polar surface area (TPSA) is 133 Å². The molecule has 2 rings (SSSR count). The Morgan fingerprint density at radius 1 is 1.25 bits per heavy atom. The maximum Gasteiger partial charge on any atom is 0.273 e. The Labute approximate surface area is 128 Å². The molecule has 1 aliphatic carbocycles. The van der Waals surface area contributed by atoms with E-state index >= 15 is 0 Å². The molecule has 7 N–H and O–H groups in total. The van der Waals surface area contributed by atoms with Crippen LogP contribution in [0.15, 0.2) is 0 Å². The number of anilines is 2. The normalized spacial score (nSPS) is 16.5. The largest absolute Gasteiger partial charge is 0.382 e. The minimum Gasteiger partial charge on any atom is -0.382 e. The summed E-state index contributed by atoms with van der Waals surface area (Å²) >= 11 is 5.73. The average Bonchev–Trinajstić information content (AvgIpc) is 2.78. The summed E-state index contributed by atoms with van der Waals surface area (Å²) in [4.78, 5) is 19.6. The molecule has 1 heterocycles. The number of amides is 1. The van der Waals surface area contributed by atoms with Gasteiger partial charge in [0.15, 0.2) is 22.5 Å². The first-order valence-corrected chi connectivity index (χ1v) is 6.45. The zero-order chi connectivity index (χ0) is 14.0. The second kappa shape index (κ2) is 6.43. The lowest BCUT2D eigenvalue weighted by Crippen LogP contribution is -2.48. The highest BCUT2D eigenvalue weighted by Gasteiger charge is 2.30. The summed E-state index contributed by atoms with van der Waals surface area (Å²) < 4.78 is 0. The van der Waals surface area contributed by atoms with Crippen LogP contribution in [-0.2, 0) is 0 Å². The van der Waals surface area contributed by atoms with Crippen LogP contribution in [0.25, 0.3) is 0 Å². The lowest BCUT2D eigenvalue weighted by Gasteiger charge is -2.23. The van der Waals surface area contributed by atoms with Crippen molar-refractivity contribution in [2.75, 3.05) is 18.0 Å². The average molecular weight is 321 g/mol. The van der Waals surface area contributed by atoms with Crippen LogP contribution in [0.3, 0.4) is 0 Å². The summed E-state index contributed by atoms with van der Waals surface area (Å²) in [5.41, 5.74) is 16.8. The number of aromatic nitrogens is 2. The van der Waals surface area contributed by atoms with E-state index in [4.69, 9.17) is 28.8 Å². The molecule has 0 atom stereocenters. The Hall–Kier alpha value is -1.31. The van der Waals surface area contributed by atoms with E-state index in [1.807, 2.05) is 0 Å². The van der Waals surface area contributed by atoms with Crippen molar-refractivity contribution in [3.8, 4) is 0 Å². The van der Waals surface area contributed by atoms with Gasteiger partial charge in [-0.1, -0.05) is 24.4 Å². The number of nitrogens with one attached hydrogen (secondary N) is 1. The van der Waals surface area contributed by atoms with Gasteiger partial charge in [-0.15, -0.1) is 12.4 Å². The third kappa shape index (κ3) is 3.62. The van der Waals surface area contributed by atoms with Gasteiger partial charge >= 0.3 is 0 Å². The number of carbonyl (C=O) groups excluding carboxylic acids is 1. The van der Waals surface area contributed by atoms with E-state index in [9.17, 15) is 4.79 Å². The smallest absolute Gasteiger partial charge is 0.273 e. The summed E-state index contributed by atoms with van der Waals surface area (Å²) in [6.45, 7) is 0.384. The summed E-state index contributed by atoms with van der Waals surface area (Å²) in [7, 11) is 0. The van der Waals surface area contributed by atoms with E-state index in [2.05, 4.69) is 15.3 Å². The van der Waals surface area contributed by atoms with Gasteiger partial charge in [-0.25, -0.2) is 9.97 Å². The van der Waals surface area contributed by atoms with Gasteiger partial charge in [-0.2, -0.15) is 0 Å². The molecule has 112 valence electrons. The molecule has 1 amide bonds. The SMILES string of the molecule is Cl.Nc1nc(N)c(C(=O)NCC2(N)CCCC2)nc1Cl. The number of carbonyl (C=O) groups is 1. The third-order valence-corrected chi connectivity index (χ3v) is 3.60. The molecular formula is C11H18Cl2N6O. The van der Waals surface area contributed by atoms with Crippen LogP contribution in [0.1, 0.15) is 36.2 Å². The van der Waals surface area contributed by atoms with Gasteiger partial charge in [0.2, 0.25) is 0 Å². The van der Waals surface area contributed by atoms with E-state index in [1.165, 1.54) is 0 Å². The number of hydrogen-bond acceptors (Lipinski definition) is 6. The van der Waals surface area contributed by atoms with E-state index in [0.717, 1.165) is 25.7 Å². The predicted octanol–water partition coefficient (Wildman–Crippen LogP) is 0.717. The molecule has 9 heteroatoms. The molecule has 1 aromatic heterocycles. The van der Waals surface area contributed by atoms with Crippen molar-refractivity contribution in [3.05, 3.63) is 10.8 Å². The van der Waals surface area contributed by atoms with E-state index in [1.54, 1.807) is 0 Å². The first-order valence-electron chi connectivity index (χ1n) is 6.07. The molecule has 0 radical (unpaired) electrons. The highest BCUT2D eigenvalue weighted by molar-refractivity contribution is 6.31.